The van der Waals surface area contributed by atoms with Crippen molar-refractivity contribution >= 4 is 27.5 Å². The third kappa shape index (κ3) is 4.83. The van der Waals surface area contributed by atoms with Crippen molar-refractivity contribution in [2.75, 3.05) is 11.9 Å². The number of benzene rings is 2. The zero-order valence-electron chi connectivity index (χ0n) is 13.9. The lowest BCUT2D eigenvalue weighted by atomic mass is 10.1. The van der Waals surface area contributed by atoms with E-state index < -0.39 is 0 Å². The molecule has 0 spiro atoms. The van der Waals surface area contributed by atoms with Gasteiger partial charge in [-0.05, 0) is 61.2 Å². The van der Waals surface area contributed by atoms with E-state index in [2.05, 4.69) is 35.1 Å². The van der Waals surface area contributed by atoms with E-state index in [0.717, 1.165) is 15.7 Å². The van der Waals surface area contributed by atoms with Gasteiger partial charge in [0.05, 0.1) is 12.2 Å². The van der Waals surface area contributed by atoms with Gasteiger partial charge in [0.2, 0.25) is 0 Å². The molecule has 0 aliphatic carbocycles. The molecule has 0 radical (unpaired) electrons. The topological polar surface area (TPSA) is 38.3 Å². The monoisotopic (exact) mass is 375 g/mol. The number of ether oxygens (including phenoxy) is 1. The predicted molar refractivity (Wildman–Crippen MR) is 98.3 cm³/mol. The van der Waals surface area contributed by atoms with Crippen LogP contribution in [0.1, 0.15) is 35.3 Å². The number of amides is 1. The maximum Gasteiger partial charge on any atom is 0.259 e. The van der Waals surface area contributed by atoms with Gasteiger partial charge >= 0.3 is 0 Å². The molecule has 0 saturated carbocycles. The summed E-state index contributed by atoms with van der Waals surface area (Å²) in [6.45, 7) is 8.81. The van der Waals surface area contributed by atoms with Crippen molar-refractivity contribution in [3.63, 3.8) is 0 Å². The molecule has 3 nitrogen and oxygen atoms in total. The molecule has 0 fully saturated rings. The van der Waals surface area contributed by atoms with E-state index in [1.165, 1.54) is 5.56 Å². The Balaban J connectivity index is 2.23. The molecule has 2 aromatic carbocycles. The molecule has 0 atom stereocenters. The summed E-state index contributed by atoms with van der Waals surface area (Å²) in [5, 5.41) is 2.94. The van der Waals surface area contributed by atoms with Crippen molar-refractivity contribution in [1.82, 2.24) is 0 Å². The second kappa shape index (κ2) is 7.64. The highest BCUT2D eigenvalue weighted by Crippen LogP contribution is 2.25. The van der Waals surface area contributed by atoms with Gasteiger partial charge in [0.15, 0.2) is 0 Å². The van der Waals surface area contributed by atoms with Gasteiger partial charge in [-0.15, -0.1) is 0 Å². The quantitative estimate of drug-likeness (QED) is 0.764. The highest BCUT2D eigenvalue weighted by molar-refractivity contribution is 9.10. The molecule has 0 heterocycles. The van der Waals surface area contributed by atoms with Crippen molar-refractivity contribution in [2.24, 2.45) is 5.92 Å². The maximum absolute atomic E-state index is 12.6. The number of hydrogen-bond donors (Lipinski definition) is 1. The Bertz CT molecular complexity index is 711. The first-order valence-corrected chi connectivity index (χ1v) is 8.47. The van der Waals surface area contributed by atoms with E-state index in [1.807, 2.05) is 44.2 Å². The van der Waals surface area contributed by atoms with Crippen LogP contribution in [0.4, 0.5) is 5.69 Å². The van der Waals surface area contributed by atoms with Crippen LogP contribution in [0.2, 0.25) is 0 Å². The van der Waals surface area contributed by atoms with Crippen molar-refractivity contribution in [3.05, 3.63) is 57.6 Å². The molecule has 0 aliphatic heterocycles. The van der Waals surface area contributed by atoms with E-state index >= 15 is 0 Å². The molecule has 4 heteroatoms. The maximum atomic E-state index is 12.6. The van der Waals surface area contributed by atoms with Gasteiger partial charge in [-0.2, -0.15) is 0 Å². The zero-order chi connectivity index (χ0) is 17.0. The Labute approximate surface area is 146 Å². The van der Waals surface area contributed by atoms with E-state index in [0.29, 0.717) is 23.8 Å². The summed E-state index contributed by atoms with van der Waals surface area (Å²) in [6, 6.07) is 11.4. The normalized spacial score (nSPS) is 10.7. The number of halogens is 1. The standard InChI is InChI=1S/C19H22BrNO2/c1-12(2)11-23-18-8-6-15(20)10-17(18)19(22)21-16-7-5-13(3)14(4)9-16/h5-10,12H,11H2,1-4H3,(H,21,22). The summed E-state index contributed by atoms with van der Waals surface area (Å²) in [6.07, 6.45) is 0. The Kier molecular flexibility index (Phi) is 5.83. The summed E-state index contributed by atoms with van der Waals surface area (Å²) in [5.74, 6) is 0.825. The van der Waals surface area contributed by atoms with Crippen molar-refractivity contribution in [3.8, 4) is 5.75 Å². The summed E-state index contributed by atoms with van der Waals surface area (Å²) in [5.41, 5.74) is 3.66. The fraction of sp³-hybridized carbons (Fsp3) is 0.316. The van der Waals surface area contributed by atoms with E-state index in [1.54, 1.807) is 6.07 Å². The lowest BCUT2D eigenvalue weighted by Gasteiger charge is -2.14. The smallest absolute Gasteiger partial charge is 0.259 e. The lowest BCUT2D eigenvalue weighted by Crippen LogP contribution is -2.15. The summed E-state index contributed by atoms with van der Waals surface area (Å²) in [7, 11) is 0. The molecule has 0 aromatic heterocycles. The first kappa shape index (κ1) is 17.5. The molecule has 2 aromatic rings. The van der Waals surface area contributed by atoms with E-state index in [4.69, 9.17) is 4.74 Å². The van der Waals surface area contributed by atoms with Crippen molar-refractivity contribution in [1.29, 1.82) is 0 Å². The van der Waals surface area contributed by atoms with Crippen LogP contribution in [0.25, 0.3) is 0 Å². The molecular weight excluding hydrogens is 354 g/mol. The minimum atomic E-state index is -0.173. The largest absolute Gasteiger partial charge is 0.492 e. The molecule has 0 bridgehead atoms. The second-order valence-electron chi connectivity index (χ2n) is 6.10. The Hall–Kier alpha value is -1.81. The fourth-order valence-corrected chi connectivity index (χ4v) is 2.44. The van der Waals surface area contributed by atoms with Crippen LogP contribution in [-0.4, -0.2) is 12.5 Å². The molecule has 0 aliphatic rings. The Morgan fingerprint density at radius 3 is 2.52 bits per heavy atom. The van der Waals surface area contributed by atoms with Crippen molar-refractivity contribution in [2.45, 2.75) is 27.7 Å². The molecule has 0 saturated heterocycles. The van der Waals surface area contributed by atoms with Gasteiger partial charge in [0.1, 0.15) is 5.75 Å². The minimum Gasteiger partial charge on any atom is -0.492 e. The van der Waals surface area contributed by atoms with E-state index in [9.17, 15) is 4.79 Å². The third-order valence-electron chi connectivity index (χ3n) is 3.52. The molecule has 23 heavy (non-hydrogen) atoms. The van der Waals surface area contributed by atoms with Crippen molar-refractivity contribution < 1.29 is 9.53 Å². The molecule has 1 amide bonds. The van der Waals surface area contributed by atoms with Crippen LogP contribution >= 0.6 is 15.9 Å². The van der Waals surface area contributed by atoms with Gasteiger partial charge in [-0.3, -0.25) is 4.79 Å². The molecule has 0 unspecified atom stereocenters. The summed E-state index contributed by atoms with van der Waals surface area (Å²) in [4.78, 5) is 12.6. The summed E-state index contributed by atoms with van der Waals surface area (Å²) < 4.78 is 6.62. The third-order valence-corrected chi connectivity index (χ3v) is 4.02. The average molecular weight is 376 g/mol. The van der Waals surface area contributed by atoms with Crippen LogP contribution in [0.15, 0.2) is 40.9 Å². The van der Waals surface area contributed by atoms with Crippen LogP contribution in [0, 0.1) is 19.8 Å². The number of carbonyl (C=O) groups is 1. The average Bonchev–Trinajstić information content (AvgIpc) is 2.49. The van der Waals surface area contributed by atoms with Gasteiger partial charge in [0.25, 0.3) is 5.91 Å². The molecular formula is C19H22BrNO2. The van der Waals surface area contributed by atoms with Gasteiger partial charge < -0.3 is 10.1 Å². The molecule has 1 N–H and O–H groups in total. The van der Waals surface area contributed by atoms with Crippen LogP contribution in [-0.2, 0) is 0 Å². The highest BCUT2D eigenvalue weighted by atomic mass is 79.9. The second-order valence-corrected chi connectivity index (χ2v) is 7.01. The number of anilines is 1. The first-order valence-electron chi connectivity index (χ1n) is 7.67. The summed E-state index contributed by atoms with van der Waals surface area (Å²) >= 11 is 3.42. The Morgan fingerprint density at radius 1 is 1.13 bits per heavy atom. The van der Waals surface area contributed by atoms with Crippen LogP contribution < -0.4 is 10.1 Å². The number of hydrogen-bond acceptors (Lipinski definition) is 2. The number of rotatable bonds is 5. The zero-order valence-corrected chi connectivity index (χ0v) is 15.5. The number of carbonyl (C=O) groups excluding carboxylic acids is 1. The first-order chi connectivity index (χ1) is 10.9. The minimum absolute atomic E-state index is 0.173. The lowest BCUT2D eigenvalue weighted by molar-refractivity contribution is 0.102. The number of aryl methyl sites for hydroxylation is 2. The fourth-order valence-electron chi connectivity index (χ4n) is 2.08. The van der Waals surface area contributed by atoms with Crippen LogP contribution in [0.3, 0.4) is 0 Å². The SMILES string of the molecule is Cc1ccc(NC(=O)c2cc(Br)ccc2OCC(C)C)cc1C. The van der Waals surface area contributed by atoms with Gasteiger partial charge in [0, 0.05) is 10.2 Å². The number of nitrogens with one attached hydrogen (secondary N) is 1. The Morgan fingerprint density at radius 2 is 1.87 bits per heavy atom. The predicted octanol–water partition coefficient (Wildman–Crippen LogP) is 5.35. The molecule has 2 rings (SSSR count). The van der Waals surface area contributed by atoms with Gasteiger partial charge in [-0.1, -0.05) is 35.8 Å². The molecule has 122 valence electrons. The van der Waals surface area contributed by atoms with Gasteiger partial charge in [-0.25, -0.2) is 0 Å². The highest BCUT2D eigenvalue weighted by Gasteiger charge is 2.14. The van der Waals surface area contributed by atoms with Crippen LogP contribution in [0.5, 0.6) is 5.75 Å². The van der Waals surface area contributed by atoms with E-state index in [-0.39, 0.29) is 5.91 Å².